The van der Waals surface area contributed by atoms with Gasteiger partial charge >= 0.3 is 5.97 Å². The summed E-state index contributed by atoms with van der Waals surface area (Å²) in [4.78, 5) is 24.3. The van der Waals surface area contributed by atoms with Crippen LogP contribution in [0.25, 0.3) is 0 Å². The predicted octanol–water partition coefficient (Wildman–Crippen LogP) is 2.89. The lowest BCUT2D eigenvalue weighted by Crippen LogP contribution is -2.30. The number of methoxy groups -OCH3 is 2. The maximum atomic E-state index is 12.2. The van der Waals surface area contributed by atoms with E-state index < -0.39 is 18.0 Å². The van der Waals surface area contributed by atoms with Gasteiger partial charge in [-0.3, -0.25) is 4.79 Å². The molecule has 24 heavy (non-hydrogen) atoms. The molecule has 0 spiro atoms. The third-order valence-electron chi connectivity index (χ3n) is 3.34. The van der Waals surface area contributed by atoms with Crippen molar-refractivity contribution in [3.05, 3.63) is 54.1 Å². The second-order valence-corrected chi connectivity index (χ2v) is 4.97. The Morgan fingerprint density at radius 2 is 1.62 bits per heavy atom. The summed E-state index contributed by atoms with van der Waals surface area (Å²) >= 11 is 0. The Bertz CT molecular complexity index is 712. The molecule has 0 aliphatic rings. The van der Waals surface area contributed by atoms with Crippen LogP contribution in [-0.4, -0.2) is 32.2 Å². The molecule has 0 saturated heterocycles. The van der Waals surface area contributed by atoms with Gasteiger partial charge in [0.2, 0.25) is 0 Å². The molecule has 1 N–H and O–H groups in total. The minimum atomic E-state index is -0.954. The zero-order valence-electron chi connectivity index (χ0n) is 13.7. The molecular formula is C18H19NO5. The Kier molecular flexibility index (Phi) is 5.78. The van der Waals surface area contributed by atoms with Gasteiger partial charge in [0.05, 0.1) is 14.2 Å². The van der Waals surface area contributed by atoms with Crippen LogP contribution >= 0.6 is 0 Å². The molecule has 2 aromatic rings. The van der Waals surface area contributed by atoms with Crippen molar-refractivity contribution >= 4 is 17.6 Å². The van der Waals surface area contributed by atoms with Crippen molar-refractivity contribution in [1.82, 2.24) is 0 Å². The molecule has 0 radical (unpaired) electrons. The first-order valence-corrected chi connectivity index (χ1v) is 7.34. The summed E-state index contributed by atoms with van der Waals surface area (Å²) in [5.74, 6) is 0.0298. The first-order valence-electron chi connectivity index (χ1n) is 7.34. The minimum absolute atomic E-state index is 0.268. The first kappa shape index (κ1) is 17.3. The number of carbonyl (C=O) groups is 2. The fourth-order valence-electron chi connectivity index (χ4n) is 2.01. The van der Waals surface area contributed by atoms with E-state index in [1.165, 1.54) is 14.0 Å². The number of nitrogens with one attached hydrogen (secondary N) is 1. The van der Waals surface area contributed by atoms with Crippen LogP contribution < -0.4 is 14.8 Å². The first-order chi connectivity index (χ1) is 11.5. The van der Waals surface area contributed by atoms with Crippen molar-refractivity contribution < 1.29 is 23.8 Å². The number of carbonyl (C=O) groups excluding carboxylic acids is 2. The van der Waals surface area contributed by atoms with E-state index in [1.807, 2.05) is 0 Å². The van der Waals surface area contributed by atoms with Crippen LogP contribution in [0.15, 0.2) is 48.5 Å². The fourth-order valence-corrected chi connectivity index (χ4v) is 2.01. The zero-order chi connectivity index (χ0) is 17.5. The second-order valence-electron chi connectivity index (χ2n) is 4.97. The lowest BCUT2D eigenvalue weighted by molar-refractivity contribution is -0.123. The molecule has 126 valence electrons. The highest BCUT2D eigenvalue weighted by molar-refractivity contribution is 5.98. The summed E-state index contributed by atoms with van der Waals surface area (Å²) in [6, 6.07) is 13.5. The number of benzene rings is 2. The van der Waals surface area contributed by atoms with E-state index >= 15 is 0 Å². The maximum absolute atomic E-state index is 12.2. The Balaban J connectivity index is 1.98. The van der Waals surface area contributed by atoms with Crippen molar-refractivity contribution in [3.63, 3.8) is 0 Å². The van der Waals surface area contributed by atoms with Crippen molar-refractivity contribution in [2.24, 2.45) is 0 Å². The highest BCUT2D eigenvalue weighted by Gasteiger charge is 2.21. The summed E-state index contributed by atoms with van der Waals surface area (Å²) in [5, 5.41) is 2.68. The van der Waals surface area contributed by atoms with Crippen molar-refractivity contribution in [1.29, 1.82) is 0 Å². The van der Waals surface area contributed by atoms with Crippen molar-refractivity contribution in [2.75, 3.05) is 19.5 Å². The Hall–Kier alpha value is -3.02. The number of hydrogen-bond donors (Lipinski definition) is 1. The van der Waals surface area contributed by atoms with E-state index in [4.69, 9.17) is 14.2 Å². The van der Waals surface area contributed by atoms with Crippen LogP contribution in [0.2, 0.25) is 0 Å². The van der Waals surface area contributed by atoms with Crippen LogP contribution in [0, 0.1) is 0 Å². The lowest BCUT2D eigenvalue weighted by atomic mass is 10.2. The topological polar surface area (TPSA) is 73.9 Å². The molecule has 0 aromatic heterocycles. The third-order valence-corrected chi connectivity index (χ3v) is 3.34. The molecule has 1 atom stereocenters. The molecule has 2 aromatic carbocycles. The van der Waals surface area contributed by atoms with Gasteiger partial charge in [0.15, 0.2) is 6.10 Å². The van der Waals surface area contributed by atoms with Crippen LogP contribution in [-0.2, 0) is 9.53 Å². The second kappa shape index (κ2) is 8.01. The summed E-state index contributed by atoms with van der Waals surface area (Å²) in [6.45, 7) is 1.51. The fraction of sp³-hybridized carbons (Fsp3) is 0.222. The van der Waals surface area contributed by atoms with Crippen LogP contribution in [0.1, 0.15) is 17.3 Å². The predicted molar refractivity (Wildman–Crippen MR) is 89.5 cm³/mol. The third kappa shape index (κ3) is 4.25. The molecule has 0 unspecified atom stereocenters. The smallest absolute Gasteiger partial charge is 0.342 e. The van der Waals surface area contributed by atoms with Gasteiger partial charge < -0.3 is 19.5 Å². The highest BCUT2D eigenvalue weighted by Crippen LogP contribution is 2.19. The normalized spacial score (nSPS) is 11.3. The van der Waals surface area contributed by atoms with Gasteiger partial charge in [-0.1, -0.05) is 12.1 Å². The highest BCUT2D eigenvalue weighted by atomic mass is 16.5. The van der Waals surface area contributed by atoms with Gasteiger partial charge in [0.1, 0.15) is 17.1 Å². The van der Waals surface area contributed by atoms with E-state index in [0.29, 0.717) is 17.2 Å². The molecular weight excluding hydrogens is 310 g/mol. The number of ether oxygens (including phenoxy) is 3. The van der Waals surface area contributed by atoms with Crippen LogP contribution in [0.5, 0.6) is 11.5 Å². The number of hydrogen-bond acceptors (Lipinski definition) is 5. The van der Waals surface area contributed by atoms with E-state index in [1.54, 1.807) is 55.6 Å². The Morgan fingerprint density at radius 3 is 2.25 bits per heavy atom. The van der Waals surface area contributed by atoms with Gasteiger partial charge in [0, 0.05) is 5.69 Å². The SMILES string of the molecule is COc1ccc(NC(=O)[C@@H](C)OC(=O)c2ccccc2OC)cc1. The molecule has 6 heteroatoms. The molecule has 2 rings (SSSR count). The Labute approximate surface area is 140 Å². The number of esters is 1. The summed E-state index contributed by atoms with van der Waals surface area (Å²) in [7, 11) is 3.03. The molecule has 6 nitrogen and oxygen atoms in total. The monoisotopic (exact) mass is 329 g/mol. The average Bonchev–Trinajstić information content (AvgIpc) is 2.62. The summed E-state index contributed by atoms with van der Waals surface area (Å²) in [5.41, 5.74) is 0.852. The molecule has 0 aliphatic heterocycles. The summed E-state index contributed by atoms with van der Waals surface area (Å²) < 4.78 is 15.4. The molecule has 1 amide bonds. The standard InChI is InChI=1S/C18H19NO5/c1-12(17(20)19-13-8-10-14(22-2)11-9-13)24-18(21)15-6-4-5-7-16(15)23-3/h4-12H,1-3H3,(H,19,20)/t12-/m1/s1. The summed E-state index contributed by atoms with van der Waals surface area (Å²) in [6.07, 6.45) is -0.954. The molecule has 0 heterocycles. The van der Waals surface area contributed by atoms with Crippen LogP contribution in [0.4, 0.5) is 5.69 Å². The number of amides is 1. The van der Waals surface area contributed by atoms with Gasteiger partial charge in [0.25, 0.3) is 5.91 Å². The van der Waals surface area contributed by atoms with E-state index in [9.17, 15) is 9.59 Å². The quantitative estimate of drug-likeness (QED) is 0.825. The lowest BCUT2D eigenvalue weighted by Gasteiger charge is -2.15. The van der Waals surface area contributed by atoms with E-state index in [2.05, 4.69) is 5.32 Å². The zero-order valence-corrected chi connectivity index (χ0v) is 13.7. The van der Waals surface area contributed by atoms with Crippen molar-refractivity contribution in [3.8, 4) is 11.5 Å². The van der Waals surface area contributed by atoms with Crippen molar-refractivity contribution in [2.45, 2.75) is 13.0 Å². The average molecular weight is 329 g/mol. The molecule has 0 saturated carbocycles. The molecule has 0 fully saturated rings. The number of rotatable bonds is 6. The van der Waals surface area contributed by atoms with Gasteiger partial charge in [-0.2, -0.15) is 0 Å². The van der Waals surface area contributed by atoms with E-state index in [-0.39, 0.29) is 5.56 Å². The minimum Gasteiger partial charge on any atom is -0.497 e. The van der Waals surface area contributed by atoms with E-state index in [0.717, 1.165) is 0 Å². The largest absolute Gasteiger partial charge is 0.497 e. The number of anilines is 1. The van der Waals surface area contributed by atoms with Gasteiger partial charge in [-0.15, -0.1) is 0 Å². The van der Waals surface area contributed by atoms with Crippen LogP contribution in [0.3, 0.4) is 0 Å². The number of para-hydroxylation sites is 1. The van der Waals surface area contributed by atoms with Gasteiger partial charge in [-0.05, 0) is 43.3 Å². The molecule has 0 aliphatic carbocycles. The Morgan fingerprint density at radius 1 is 0.958 bits per heavy atom. The van der Waals surface area contributed by atoms with Gasteiger partial charge in [-0.25, -0.2) is 4.79 Å². The maximum Gasteiger partial charge on any atom is 0.342 e. The molecule has 0 bridgehead atoms.